The first kappa shape index (κ1) is 14.6. The molecule has 0 fully saturated rings. The predicted octanol–water partition coefficient (Wildman–Crippen LogP) is 4.22. The van der Waals surface area contributed by atoms with E-state index in [1.165, 1.54) is 0 Å². The van der Waals surface area contributed by atoms with Crippen LogP contribution < -0.4 is 0 Å². The van der Waals surface area contributed by atoms with Crippen molar-refractivity contribution in [2.24, 2.45) is 0 Å². The van der Waals surface area contributed by atoms with Crippen molar-refractivity contribution in [3.8, 4) is 0 Å². The van der Waals surface area contributed by atoms with Crippen LogP contribution in [0.15, 0.2) is 18.2 Å². The summed E-state index contributed by atoms with van der Waals surface area (Å²) in [5, 5.41) is 9.09. The number of carbonyl (C=O) groups is 1. The number of nitrogens with zero attached hydrogens (tertiary/aromatic N) is 2. The Balaban J connectivity index is 2.63. The van der Waals surface area contributed by atoms with Gasteiger partial charge in [-0.05, 0) is 31.5 Å². The maximum absolute atomic E-state index is 11.1. The van der Waals surface area contributed by atoms with Crippen LogP contribution in [-0.4, -0.2) is 20.6 Å². The Morgan fingerprint density at radius 3 is 2.60 bits per heavy atom. The fourth-order valence-corrected chi connectivity index (χ4v) is 2.67. The van der Waals surface area contributed by atoms with Gasteiger partial charge in [0, 0.05) is 12.0 Å². The van der Waals surface area contributed by atoms with Crippen LogP contribution in [0.25, 0.3) is 11.0 Å². The molecule has 1 unspecified atom stereocenters. The van der Waals surface area contributed by atoms with Gasteiger partial charge in [-0.1, -0.05) is 27.2 Å². The molecule has 0 bridgehead atoms. The largest absolute Gasteiger partial charge is 0.478 e. The summed E-state index contributed by atoms with van der Waals surface area (Å²) in [6, 6.07) is 5.58. The summed E-state index contributed by atoms with van der Waals surface area (Å²) in [7, 11) is 0. The van der Waals surface area contributed by atoms with Crippen LogP contribution in [0, 0.1) is 0 Å². The van der Waals surface area contributed by atoms with Gasteiger partial charge in [-0.25, -0.2) is 9.78 Å². The fraction of sp³-hybridized carbons (Fsp3) is 0.500. The number of aromatic nitrogens is 2. The predicted molar refractivity (Wildman–Crippen MR) is 80.4 cm³/mol. The van der Waals surface area contributed by atoms with Crippen LogP contribution in [0.3, 0.4) is 0 Å². The van der Waals surface area contributed by atoms with E-state index in [2.05, 4.69) is 37.2 Å². The lowest BCUT2D eigenvalue weighted by molar-refractivity contribution is 0.0697. The summed E-state index contributed by atoms with van der Waals surface area (Å²) < 4.78 is 2.26. The number of benzene rings is 1. The van der Waals surface area contributed by atoms with E-state index in [1.807, 2.05) is 6.07 Å². The van der Waals surface area contributed by atoms with E-state index in [1.54, 1.807) is 12.1 Å². The lowest BCUT2D eigenvalue weighted by Gasteiger charge is -2.18. The fourth-order valence-electron chi connectivity index (χ4n) is 2.67. The first-order valence-electron chi connectivity index (χ1n) is 7.20. The smallest absolute Gasteiger partial charge is 0.335 e. The van der Waals surface area contributed by atoms with Crippen molar-refractivity contribution in [2.75, 3.05) is 0 Å². The van der Waals surface area contributed by atoms with Gasteiger partial charge in [0.25, 0.3) is 0 Å². The molecule has 1 heterocycles. The molecule has 1 aromatic carbocycles. The molecule has 4 nitrogen and oxygen atoms in total. The molecule has 20 heavy (non-hydrogen) atoms. The highest BCUT2D eigenvalue weighted by atomic mass is 16.4. The molecule has 108 valence electrons. The third-order valence-electron chi connectivity index (χ3n) is 3.63. The summed E-state index contributed by atoms with van der Waals surface area (Å²) in [5.41, 5.74) is 2.09. The Labute approximate surface area is 119 Å². The molecule has 1 N–H and O–H groups in total. The molecule has 2 aromatic rings. The number of rotatable bonds is 5. The molecule has 0 spiro atoms. The second kappa shape index (κ2) is 5.65. The molecule has 0 saturated heterocycles. The zero-order valence-corrected chi connectivity index (χ0v) is 12.6. The number of imidazole rings is 1. The summed E-state index contributed by atoms with van der Waals surface area (Å²) in [4.78, 5) is 15.7. The standard InChI is InChI=1S/C16H22N2O2/c1-5-6-11(4)18-14-8-7-12(16(19)20)9-13(14)17-15(18)10(2)3/h7-11H,5-6H2,1-4H3,(H,19,20). The van der Waals surface area contributed by atoms with Crippen molar-refractivity contribution in [1.82, 2.24) is 9.55 Å². The molecular formula is C16H22N2O2. The van der Waals surface area contributed by atoms with E-state index in [9.17, 15) is 4.79 Å². The van der Waals surface area contributed by atoms with Gasteiger partial charge in [0.15, 0.2) is 0 Å². The maximum Gasteiger partial charge on any atom is 0.335 e. The normalized spacial score (nSPS) is 13.1. The topological polar surface area (TPSA) is 55.1 Å². The van der Waals surface area contributed by atoms with Crippen LogP contribution in [0.2, 0.25) is 0 Å². The summed E-state index contributed by atoms with van der Waals surface area (Å²) in [6.45, 7) is 8.61. The minimum atomic E-state index is -0.908. The quantitative estimate of drug-likeness (QED) is 0.888. The van der Waals surface area contributed by atoms with Gasteiger partial charge in [0.1, 0.15) is 5.82 Å². The number of aromatic carboxylic acids is 1. The minimum Gasteiger partial charge on any atom is -0.478 e. The molecule has 0 radical (unpaired) electrons. The van der Waals surface area contributed by atoms with Crippen molar-refractivity contribution in [3.05, 3.63) is 29.6 Å². The van der Waals surface area contributed by atoms with E-state index in [0.717, 1.165) is 29.7 Å². The second-order valence-corrected chi connectivity index (χ2v) is 5.64. The molecule has 1 aromatic heterocycles. The van der Waals surface area contributed by atoms with Gasteiger partial charge in [0.05, 0.1) is 16.6 Å². The lowest BCUT2D eigenvalue weighted by atomic mass is 10.1. The Kier molecular flexibility index (Phi) is 4.12. The average molecular weight is 274 g/mol. The van der Waals surface area contributed by atoms with Gasteiger partial charge in [-0.3, -0.25) is 0 Å². The molecular weight excluding hydrogens is 252 g/mol. The highest BCUT2D eigenvalue weighted by molar-refractivity contribution is 5.92. The molecule has 1 atom stereocenters. The summed E-state index contributed by atoms with van der Waals surface area (Å²) in [6.07, 6.45) is 2.21. The molecule has 0 amide bonds. The molecule has 4 heteroatoms. The van der Waals surface area contributed by atoms with E-state index >= 15 is 0 Å². The SMILES string of the molecule is CCCC(C)n1c(C(C)C)nc2cc(C(=O)O)ccc21. The highest BCUT2D eigenvalue weighted by Gasteiger charge is 2.18. The Hall–Kier alpha value is -1.84. The number of fused-ring (bicyclic) bond motifs is 1. The van der Waals surface area contributed by atoms with Crippen molar-refractivity contribution in [1.29, 1.82) is 0 Å². The first-order valence-corrected chi connectivity index (χ1v) is 7.20. The number of carboxylic acid groups (broad SMARTS) is 1. The maximum atomic E-state index is 11.1. The van der Waals surface area contributed by atoms with Crippen LogP contribution >= 0.6 is 0 Å². The van der Waals surface area contributed by atoms with Gasteiger partial charge in [-0.2, -0.15) is 0 Å². The highest BCUT2D eigenvalue weighted by Crippen LogP contribution is 2.28. The Morgan fingerprint density at radius 2 is 2.05 bits per heavy atom. The third kappa shape index (κ3) is 2.55. The molecule has 0 aliphatic carbocycles. The van der Waals surface area contributed by atoms with E-state index in [0.29, 0.717) is 17.5 Å². The minimum absolute atomic E-state index is 0.292. The molecule has 0 aliphatic rings. The van der Waals surface area contributed by atoms with E-state index in [4.69, 9.17) is 5.11 Å². The zero-order valence-electron chi connectivity index (χ0n) is 12.6. The van der Waals surface area contributed by atoms with Gasteiger partial charge in [0.2, 0.25) is 0 Å². The van der Waals surface area contributed by atoms with Gasteiger partial charge >= 0.3 is 5.97 Å². The molecule has 0 saturated carbocycles. The van der Waals surface area contributed by atoms with E-state index in [-0.39, 0.29) is 0 Å². The first-order chi connectivity index (χ1) is 9.45. The van der Waals surface area contributed by atoms with Crippen molar-refractivity contribution >= 4 is 17.0 Å². The van der Waals surface area contributed by atoms with Crippen LogP contribution in [0.4, 0.5) is 0 Å². The zero-order chi connectivity index (χ0) is 14.9. The van der Waals surface area contributed by atoms with E-state index < -0.39 is 5.97 Å². The van der Waals surface area contributed by atoms with Crippen molar-refractivity contribution in [3.63, 3.8) is 0 Å². The molecule has 2 rings (SSSR count). The summed E-state index contributed by atoms with van der Waals surface area (Å²) >= 11 is 0. The number of carboxylic acids is 1. The monoisotopic (exact) mass is 274 g/mol. The van der Waals surface area contributed by atoms with Crippen LogP contribution in [0.5, 0.6) is 0 Å². The third-order valence-corrected chi connectivity index (χ3v) is 3.63. The lowest BCUT2D eigenvalue weighted by Crippen LogP contribution is -2.10. The Bertz CT molecular complexity index is 629. The van der Waals surface area contributed by atoms with Crippen molar-refractivity contribution in [2.45, 2.75) is 52.5 Å². The average Bonchev–Trinajstić information content (AvgIpc) is 2.77. The number of hydrogen-bond donors (Lipinski definition) is 1. The van der Waals surface area contributed by atoms with Gasteiger partial charge in [-0.15, -0.1) is 0 Å². The summed E-state index contributed by atoms with van der Waals surface area (Å²) in [5.74, 6) is 0.438. The molecule has 0 aliphatic heterocycles. The van der Waals surface area contributed by atoms with Gasteiger partial charge < -0.3 is 9.67 Å². The number of hydrogen-bond acceptors (Lipinski definition) is 2. The Morgan fingerprint density at radius 1 is 1.35 bits per heavy atom. The van der Waals surface area contributed by atoms with Crippen LogP contribution in [0.1, 0.15) is 68.7 Å². The van der Waals surface area contributed by atoms with Crippen molar-refractivity contribution < 1.29 is 9.90 Å². The van der Waals surface area contributed by atoms with Crippen LogP contribution in [-0.2, 0) is 0 Å². The second-order valence-electron chi connectivity index (χ2n) is 5.64.